The normalized spacial score (nSPS) is 15.0. The van der Waals surface area contributed by atoms with Gasteiger partial charge in [-0.3, -0.25) is 14.0 Å². The first kappa shape index (κ1) is 17.5. The number of hydrogen-bond donors (Lipinski definition) is 0. The summed E-state index contributed by atoms with van der Waals surface area (Å²) in [5.41, 5.74) is 2.43. The lowest BCUT2D eigenvalue weighted by molar-refractivity contribution is 0.0696. The smallest absolute Gasteiger partial charge is 0.253 e. The van der Waals surface area contributed by atoms with Crippen molar-refractivity contribution in [1.82, 2.24) is 14.3 Å². The van der Waals surface area contributed by atoms with Gasteiger partial charge in [0.1, 0.15) is 11.3 Å². The second kappa shape index (κ2) is 7.35. The topological polar surface area (TPSA) is 54.7 Å². The summed E-state index contributed by atoms with van der Waals surface area (Å²) in [7, 11) is 1.88. The highest BCUT2D eigenvalue weighted by molar-refractivity contribution is 6.08. The predicted molar refractivity (Wildman–Crippen MR) is 104 cm³/mol. The summed E-state index contributed by atoms with van der Waals surface area (Å²) < 4.78 is 1.78. The molecule has 5 nitrogen and oxygen atoms in total. The van der Waals surface area contributed by atoms with E-state index in [0.717, 1.165) is 18.5 Å². The van der Waals surface area contributed by atoms with Gasteiger partial charge in [-0.05, 0) is 37.1 Å². The van der Waals surface area contributed by atoms with Crippen molar-refractivity contribution in [3.8, 4) is 0 Å². The molecule has 0 aliphatic heterocycles. The van der Waals surface area contributed by atoms with Crippen LogP contribution >= 0.6 is 0 Å². The van der Waals surface area contributed by atoms with Gasteiger partial charge in [0.25, 0.3) is 5.91 Å². The van der Waals surface area contributed by atoms with Crippen LogP contribution < -0.4 is 0 Å². The molecule has 1 aliphatic rings. The molecule has 0 N–H and O–H groups in total. The van der Waals surface area contributed by atoms with Gasteiger partial charge >= 0.3 is 0 Å². The zero-order valence-electron chi connectivity index (χ0n) is 15.5. The molecule has 0 radical (unpaired) electrons. The van der Waals surface area contributed by atoms with E-state index in [1.165, 1.54) is 19.3 Å². The average Bonchev–Trinajstić information content (AvgIpc) is 3.17. The monoisotopic (exact) mass is 361 g/mol. The Morgan fingerprint density at radius 3 is 2.44 bits per heavy atom. The molecule has 1 saturated carbocycles. The zero-order valence-corrected chi connectivity index (χ0v) is 15.5. The molecule has 0 spiro atoms. The molecule has 0 atom stereocenters. The van der Waals surface area contributed by atoms with Gasteiger partial charge in [0.15, 0.2) is 0 Å². The first-order valence-corrected chi connectivity index (χ1v) is 9.49. The van der Waals surface area contributed by atoms with E-state index in [4.69, 9.17) is 0 Å². The summed E-state index contributed by atoms with van der Waals surface area (Å²) in [5, 5.41) is 0. The van der Waals surface area contributed by atoms with E-state index in [2.05, 4.69) is 4.98 Å². The van der Waals surface area contributed by atoms with Crippen LogP contribution in [0.25, 0.3) is 5.65 Å². The molecule has 0 bridgehead atoms. The molecule has 5 heteroatoms. The van der Waals surface area contributed by atoms with Crippen LogP contribution in [0.1, 0.15) is 58.5 Å². The maximum absolute atomic E-state index is 12.8. The molecule has 138 valence electrons. The van der Waals surface area contributed by atoms with E-state index in [0.29, 0.717) is 22.9 Å². The number of rotatable bonds is 4. The number of ketones is 1. The molecular weight excluding hydrogens is 338 g/mol. The van der Waals surface area contributed by atoms with Crippen molar-refractivity contribution < 1.29 is 9.59 Å². The highest BCUT2D eigenvalue weighted by Gasteiger charge is 2.23. The van der Waals surface area contributed by atoms with Crippen molar-refractivity contribution in [2.75, 3.05) is 7.05 Å². The molecule has 4 rings (SSSR count). The van der Waals surface area contributed by atoms with Gasteiger partial charge in [0.05, 0.1) is 6.20 Å². The highest BCUT2D eigenvalue weighted by atomic mass is 16.2. The second-order valence-corrected chi connectivity index (χ2v) is 7.19. The Labute approximate surface area is 158 Å². The third kappa shape index (κ3) is 3.37. The Hall–Kier alpha value is -2.95. The van der Waals surface area contributed by atoms with Gasteiger partial charge in [0.2, 0.25) is 5.78 Å². The van der Waals surface area contributed by atoms with Gasteiger partial charge in [-0.25, -0.2) is 4.98 Å². The van der Waals surface area contributed by atoms with Gasteiger partial charge in [-0.15, -0.1) is 0 Å². The quantitative estimate of drug-likeness (QED) is 0.661. The SMILES string of the molecule is CN(C(=O)c1ccc(C(=O)c2cnc3ccccn23)cc1)C1CCCCC1. The minimum atomic E-state index is -0.103. The Bertz CT molecular complexity index is 969. The summed E-state index contributed by atoms with van der Waals surface area (Å²) in [5.74, 6) is -0.0796. The fourth-order valence-corrected chi connectivity index (χ4v) is 3.85. The summed E-state index contributed by atoms with van der Waals surface area (Å²) >= 11 is 0. The first-order chi connectivity index (χ1) is 13.1. The van der Waals surface area contributed by atoms with E-state index in [9.17, 15) is 9.59 Å². The maximum Gasteiger partial charge on any atom is 0.253 e. The summed E-state index contributed by atoms with van der Waals surface area (Å²) in [6, 6.07) is 12.9. The zero-order chi connectivity index (χ0) is 18.8. The summed E-state index contributed by atoms with van der Waals surface area (Å²) in [4.78, 5) is 31.7. The molecule has 0 unspecified atom stereocenters. The Morgan fingerprint density at radius 1 is 1.00 bits per heavy atom. The molecular formula is C22H23N3O2. The number of fused-ring (bicyclic) bond motifs is 1. The summed E-state index contributed by atoms with van der Waals surface area (Å²) in [6.45, 7) is 0. The summed E-state index contributed by atoms with van der Waals surface area (Å²) in [6.07, 6.45) is 9.21. The van der Waals surface area contributed by atoms with Crippen LogP contribution in [0.4, 0.5) is 0 Å². The molecule has 27 heavy (non-hydrogen) atoms. The van der Waals surface area contributed by atoms with Crippen LogP contribution in [0.5, 0.6) is 0 Å². The van der Waals surface area contributed by atoms with Crippen LogP contribution in [0.15, 0.2) is 54.9 Å². The fourth-order valence-electron chi connectivity index (χ4n) is 3.85. The lowest BCUT2D eigenvalue weighted by Gasteiger charge is -2.31. The Kier molecular flexibility index (Phi) is 4.75. The second-order valence-electron chi connectivity index (χ2n) is 7.19. The molecule has 1 aliphatic carbocycles. The van der Waals surface area contributed by atoms with E-state index in [1.807, 2.05) is 36.3 Å². The Morgan fingerprint density at radius 2 is 1.70 bits per heavy atom. The molecule has 2 heterocycles. The van der Waals surface area contributed by atoms with Crippen molar-refractivity contribution in [2.24, 2.45) is 0 Å². The third-order valence-corrected chi connectivity index (χ3v) is 5.49. The molecule has 1 fully saturated rings. The van der Waals surface area contributed by atoms with Gasteiger partial charge < -0.3 is 4.90 Å². The lowest BCUT2D eigenvalue weighted by atomic mass is 9.94. The predicted octanol–water partition coefficient (Wildman–Crippen LogP) is 3.97. The van der Waals surface area contributed by atoms with Crippen molar-refractivity contribution in [1.29, 1.82) is 0 Å². The van der Waals surface area contributed by atoms with E-state index in [1.54, 1.807) is 34.9 Å². The van der Waals surface area contributed by atoms with E-state index < -0.39 is 0 Å². The van der Waals surface area contributed by atoms with Crippen LogP contribution in [0.3, 0.4) is 0 Å². The number of benzene rings is 1. The van der Waals surface area contributed by atoms with Crippen molar-refractivity contribution >= 4 is 17.3 Å². The minimum absolute atomic E-state index is 0.0238. The third-order valence-electron chi connectivity index (χ3n) is 5.49. The van der Waals surface area contributed by atoms with Crippen molar-refractivity contribution in [2.45, 2.75) is 38.1 Å². The number of carbonyl (C=O) groups excluding carboxylic acids is 2. The number of carbonyl (C=O) groups is 2. The van der Waals surface area contributed by atoms with Gasteiger partial charge in [-0.1, -0.05) is 37.5 Å². The number of nitrogens with zero attached hydrogens (tertiary/aromatic N) is 3. The largest absolute Gasteiger partial charge is 0.339 e. The number of imidazole rings is 1. The standard InChI is InChI=1S/C22H23N3O2/c1-24(18-7-3-2-4-8-18)22(27)17-12-10-16(11-13-17)21(26)19-15-23-20-9-5-6-14-25(19)20/h5-6,9-15,18H,2-4,7-8H2,1H3. The van der Waals surface area contributed by atoms with Gasteiger partial charge in [-0.2, -0.15) is 0 Å². The van der Waals surface area contributed by atoms with E-state index in [-0.39, 0.29) is 11.7 Å². The number of amides is 1. The molecule has 0 saturated heterocycles. The fraction of sp³-hybridized carbons (Fsp3) is 0.318. The number of hydrogen-bond acceptors (Lipinski definition) is 3. The van der Waals surface area contributed by atoms with Crippen LogP contribution in [0, 0.1) is 0 Å². The van der Waals surface area contributed by atoms with Crippen LogP contribution in [-0.4, -0.2) is 39.1 Å². The van der Waals surface area contributed by atoms with Crippen molar-refractivity contribution in [3.63, 3.8) is 0 Å². The van der Waals surface area contributed by atoms with Gasteiger partial charge in [0, 0.05) is 30.4 Å². The van der Waals surface area contributed by atoms with Crippen LogP contribution in [-0.2, 0) is 0 Å². The molecule has 3 aromatic rings. The molecule has 1 aromatic carbocycles. The minimum Gasteiger partial charge on any atom is -0.339 e. The lowest BCUT2D eigenvalue weighted by Crippen LogP contribution is -2.38. The number of aromatic nitrogens is 2. The first-order valence-electron chi connectivity index (χ1n) is 9.49. The molecule has 1 amide bonds. The van der Waals surface area contributed by atoms with E-state index >= 15 is 0 Å². The molecule has 2 aromatic heterocycles. The van der Waals surface area contributed by atoms with Crippen molar-refractivity contribution in [3.05, 3.63) is 71.7 Å². The highest BCUT2D eigenvalue weighted by Crippen LogP contribution is 2.23. The van der Waals surface area contributed by atoms with Crippen LogP contribution in [0.2, 0.25) is 0 Å². The Balaban J connectivity index is 1.53. The maximum atomic E-state index is 12.8. The number of pyridine rings is 1. The average molecular weight is 361 g/mol.